The molecule has 1 aromatic rings. The Bertz CT molecular complexity index is 429. The van der Waals surface area contributed by atoms with E-state index in [1.807, 2.05) is 13.0 Å². The summed E-state index contributed by atoms with van der Waals surface area (Å²) in [6, 6.07) is 1.83. The highest BCUT2D eigenvalue weighted by Gasteiger charge is 2.31. The van der Waals surface area contributed by atoms with Crippen LogP contribution in [0.25, 0.3) is 0 Å². The van der Waals surface area contributed by atoms with Crippen LogP contribution in [0.2, 0.25) is 0 Å². The van der Waals surface area contributed by atoms with E-state index in [0.29, 0.717) is 18.7 Å². The molecule has 1 aliphatic heterocycles. The molecule has 1 aliphatic rings. The molecule has 17 heavy (non-hydrogen) atoms. The Morgan fingerprint density at radius 2 is 2.29 bits per heavy atom. The molecular weight excluding hydrogens is 216 g/mol. The molecule has 1 fully saturated rings. The summed E-state index contributed by atoms with van der Waals surface area (Å²) in [5.74, 6) is -0.0406. The van der Waals surface area contributed by atoms with Crippen molar-refractivity contribution in [2.75, 3.05) is 13.1 Å². The number of hydrogen-bond acceptors (Lipinski definition) is 3. The zero-order chi connectivity index (χ0) is 12.5. The molecule has 1 atom stereocenters. The van der Waals surface area contributed by atoms with Crippen molar-refractivity contribution in [1.82, 2.24) is 9.88 Å². The molecule has 1 N–H and O–H groups in total. The summed E-state index contributed by atoms with van der Waals surface area (Å²) in [5, 5.41) is 9.99. The van der Waals surface area contributed by atoms with Crippen LogP contribution >= 0.6 is 0 Å². The summed E-state index contributed by atoms with van der Waals surface area (Å²) < 4.78 is 0. The molecule has 2 rings (SSSR count). The topological polar surface area (TPSA) is 53.4 Å². The van der Waals surface area contributed by atoms with Gasteiger partial charge >= 0.3 is 0 Å². The predicted molar refractivity (Wildman–Crippen MR) is 64.7 cm³/mol. The van der Waals surface area contributed by atoms with E-state index < -0.39 is 5.60 Å². The van der Waals surface area contributed by atoms with Gasteiger partial charge in [-0.3, -0.25) is 9.78 Å². The minimum absolute atomic E-state index is 0.0406. The van der Waals surface area contributed by atoms with E-state index in [-0.39, 0.29) is 5.91 Å². The summed E-state index contributed by atoms with van der Waals surface area (Å²) >= 11 is 0. The predicted octanol–water partition coefficient (Wildman–Crippen LogP) is 1.38. The van der Waals surface area contributed by atoms with Gasteiger partial charge in [-0.2, -0.15) is 0 Å². The van der Waals surface area contributed by atoms with Gasteiger partial charge in [-0.05, 0) is 38.3 Å². The number of carbonyl (C=O) groups is 1. The number of β-amino-alcohol motifs (C(OH)–C–C–N with tert-alkyl or cyclic N) is 1. The van der Waals surface area contributed by atoms with Gasteiger partial charge in [0, 0.05) is 25.5 Å². The maximum absolute atomic E-state index is 12.2. The van der Waals surface area contributed by atoms with Crippen LogP contribution < -0.4 is 0 Å². The number of nitrogens with zero attached hydrogens (tertiary/aromatic N) is 2. The zero-order valence-electron chi connectivity index (χ0n) is 10.3. The first-order chi connectivity index (χ1) is 7.98. The van der Waals surface area contributed by atoms with Gasteiger partial charge in [-0.25, -0.2) is 0 Å². The molecule has 2 heterocycles. The van der Waals surface area contributed by atoms with Crippen LogP contribution in [-0.2, 0) is 0 Å². The Morgan fingerprint density at radius 1 is 1.53 bits per heavy atom. The minimum atomic E-state index is -0.759. The van der Waals surface area contributed by atoms with Gasteiger partial charge in [0.1, 0.15) is 0 Å². The second-order valence-corrected chi connectivity index (χ2v) is 5.08. The SMILES string of the molecule is Cc1cncc(C(=O)N2CCCC(C)(O)C2)c1. The van der Waals surface area contributed by atoms with Crippen LogP contribution in [0.5, 0.6) is 0 Å². The van der Waals surface area contributed by atoms with Crippen molar-refractivity contribution >= 4 is 5.91 Å². The maximum atomic E-state index is 12.2. The molecule has 1 amide bonds. The number of amides is 1. The van der Waals surface area contributed by atoms with Crippen molar-refractivity contribution in [3.8, 4) is 0 Å². The Balaban J connectivity index is 2.15. The van der Waals surface area contributed by atoms with Gasteiger partial charge in [0.05, 0.1) is 11.2 Å². The second kappa shape index (κ2) is 4.45. The summed E-state index contributed by atoms with van der Waals surface area (Å²) in [5.41, 5.74) is 0.813. The average molecular weight is 234 g/mol. The molecular formula is C13H18N2O2. The van der Waals surface area contributed by atoms with Gasteiger partial charge in [0.15, 0.2) is 0 Å². The molecule has 1 saturated heterocycles. The van der Waals surface area contributed by atoms with Gasteiger partial charge in [0.2, 0.25) is 0 Å². The number of aryl methyl sites for hydroxylation is 1. The fourth-order valence-corrected chi connectivity index (χ4v) is 2.25. The number of pyridine rings is 1. The first kappa shape index (κ1) is 12.0. The van der Waals surface area contributed by atoms with Gasteiger partial charge < -0.3 is 10.0 Å². The second-order valence-electron chi connectivity index (χ2n) is 5.08. The first-order valence-electron chi connectivity index (χ1n) is 5.91. The summed E-state index contributed by atoms with van der Waals surface area (Å²) in [6.45, 7) is 4.81. The number of aliphatic hydroxyl groups is 1. The van der Waals surface area contributed by atoms with E-state index >= 15 is 0 Å². The van der Waals surface area contributed by atoms with E-state index in [4.69, 9.17) is 0 Å². The standard InChI is InChI=1S/C13H18N2O2/c1-10-6-11(8-14-7-10)12(16)15-5-3-4-13(2,17)9-15/h6-8,17H,3-5,9H2,1-2H3. The molecule has 0 saturated carbocycles. The van der Waals surface area contributed by atoms with Crippen molar-refractivity contribution in [3.05, 3.63) is 29.6 Å². The fourth-order valence-electron chi connectivity index (χ4n) is 2.25. The fraction of sp³-hybridized carbons (Fsp3) is 0.538. The summed E-state index contributed by atoms with van der Waals surface area (Å²) in [6.07, 6.45) is 4.91. The van der Waals surface area contributed by atoms with Crippen molar-refractivity contribution in [2.45, 2.75) is 32.3 Å². The van der Waals surface area contributed by atoms with Crippen LogP contribution in [0, 0.1) is 6.92 Å². The lowest BCUT2D eigenvalue weighted by Gasteiger charge is -2.36. The van der Waals surface area contributed by atoms with Crippen LogP contribution in [0.4, 0.5) is 0 Å². The number of hydrogen-bond donors (Lipinski definition) is 1. The van der Waals surface area contributed by atoms with Crippen molar-refractivity contribution in [3.63, 3.8) is 0 Å². The third-order valence-corrected chi connectivity index (χ3v) is 3.08. The van der Waals surface area contributed by atoms with Crippen LogP contribution in [0.3, 0.4) is 0 Å². The number of rotatable bonds is 1. The molecule has 0 aromatic carbocycles. The number of aromatic nitrogens is 1. The summed E-state index contributed by atoms with van der Waals surface area (Å²) in [4.78, 5) is 17.9. The van der Waals surface area contributed by atoms with E-state index in [1.165, 1.54) is 0 Å². The monoisotopic (exact) mass is 234 g/mol. The minimum Gasteiger partial charge on any atom is -0.388 e. The third kappa shape index (κ3) is 2.82. The molecule has 0 radical (unpaired) electrons. The highest BCUT2D eigenvalue weighted by atomic mass is 16.3. The van der Waals surface area contributed by atoms with Gasteiger partial charge in [0.25, 0.3) is 5.91 Å². The van der Waals surface area contributed by atoms with Gasteiger partial charge in [-0.15, -0.1) is 0 Å². The molecule has 0 aliphatic carbocycles. The number of piperidine rings is 1. The number of likely N-dealkylation sites (tertiary alicyclic amines) is 1. The highest BCUT2D eigenvalue weighted by molar-refractivity contribution is 5.94. The molecule has 4 heteroatoms. The van der Waals surface area contributed by atoms with Crippen molar-refractivity contribution in [1.29, 1.82) is 0 Å². The van der Waals surface area contributed by atoms with Crippen LogP contribution in [-0.4, -0.2) is 39.6 Å². The number of carbonyl (C=O) groups excluding carboxylic acids is 1. The Labute approximate surface area is 101 Å². The first-order valence-corrected chi connectivity index (χ1v) is 5.91. The normalized spacial score (nSPS) is 24.8. The van der Waals surface area contributed by atoms with Crippen molar-refractivity contribution in [2.24, 2.45) is 0 Å². The molecule has 0 bridgehead atoms. The Morgan fingerprint density at radius 3 is 2.94 bits per heavy atom. The Hall–Kier alpha value is -1.42. The van der Waals surface area contributed by atoms with Crippen LogP contribution in [0.1, 0.15) is 35.7 Å². The maximum Gasteiger partial charge on any atom is 0.255 e. The largest absolute Gasteiger partial charge is 0.388 e. The molecule has 1 unspecified atom stereocenters. The van der Waals surface area contributed by atoms with E-state index in [1.54, 1.807) is 24.2 Å². The third-order valence-electron chi connectivity index (χ3n) is 3.08. The smallest absolute Gasteiger partial charge is 0.255 e. The van der Waals surface area contributed by atoms with E-state index in [2.05, 4.69) is 4.98 Å². The quantitative estimate of drug-likeness (QED) is 0.798. The van der Waals surface area contributed by atoms with E-state index in [9.17, 15) is 9.90 Å². The highest BCUT2D eigenvalue weighted by Crippen LogP contribution is 2.21. The summed E-state index contributed by atoms with van der Waals surface area (Å²) in [7, 11) is 0. The Kier molecular flexibility index (Phi) is 3.15. The lowest BCUT2D eigenvalue weighted by atomic mass is 9.95. The molecule has 1 aromatic heterocycles. The average Bonchev–Trinajstić information content (AvgIpc) is 2.26. The van der Waals surface area contributed by atoms with Gasteiger partial charge in [-0.1, -0.05) is 0 Å². The van der Waals surface area contributed by atoms with Crippen molar-refractivity contribution < 1.29 is 9.90 Å². The molecule has 4 nitrogen and oxygen atoms in total. The lowest BCUT2D eigenvalue weighted by molar-refractivity contribution is -0.0107. The molecule has 0 spiro atoms. The molecule has 92 valence electrons. The van der Waals surface area contributed by atoms with E-state index in [0.717, 1.165) is 18.4 Å². The lowest BCUT2D eigenvalue weighted by Crippen LogP contribution is -2.48. The van der Waals surface area contributed by atoms with Crippen LogP contribution in [0.15, 0.2) is 18.5 Å². The zero-order valence-corrected chi connectivity index (χ0v) is 10.3.